The van der Waals surface area contributed by atoms with E-state index in [-0.39, 0.29) is 5.91 Å². The van der Waals surface area contributed by atoms with Gasteiger partial charge in [0.1, 0.15) is 18.6 Å². The first-order valence-corrected chi connectivity index (χ1v) is 8.02. The van der Waals surface area contributed by atoms with Crippen LogP contribution in [0.4, 0.5) is 0 Å². The highest BCUT2D eigenvalue weighted by atomic mass is 35.5. The number of carbonyl (C=O) groups is 1. The lowest BCUT2D eigenvalue weighted by Gasteiger charge is -2.24. The molecule has 0 N–H and O–H groups in total. The molecule has 0 aromatic heterocycles. The highest BCUT2D eigenvalue weighted by Gasteiger charge is 2.26. The molecule has 1 unspecified atom stereocenters. The van der Waals surface area contributed by atoms with Crippen molar-refractivity contribution >= 4 is 17.5 Å². The summed E-state index contributed by atoms with van der Waals surface area (Å²) in [4.78, 5) is 14.4. The number of rotatable bonds is 2. The standard InChI is InChI=1S/C16H20ClNO3/c17-15(16(19)18-7-3-1-2-4-8-18)12-5-6-13-14(11-12)21-10-9-20-13/h5-6,11,15H,1-4,7-10H2. The molecule has 1 aromatic carbocycles. The first kappa shape index (κ1) is 14.5. The summed E-state index contributed by atoms with van der Waals surface area (Å²) in [5, 5.41) is -0.654. The zero-order chi connectivity index (χ0) is 14.7. The summed E-state index contributed by atoms with van der Waals surface area (Å²) in [7, 11) is 0. The fraction of sp³-hybridized carbons (Fsp3) is 0.562. The molecule has 1 saturated heterocycles. The van der Waals surface area contributed by atoms with E-state index < -0.39 is 5.38 Å². The minimum Gasteiger partial charge on any atom is -0.486 e. The fourth-order valence-corrected chi connectivity index (χ4v) is 3.09. The Balaban J connectivity index is 1.74. The summed E-state index contributed by atoms with van der Waals surface area (Å²) >= 11 is 6.40. The number of benzene rings is 1. The van der Waals surface area contributed by atoms with Gasteiger partial charge in [0.25, 0.3) is 0 Å². The molecule has 1 atom stereocenters. The van der Waals surface area contributed by atoms with Gasteiger partial charge in [0.15, 0.2) is 11.5 Å². The average Bonchev–Trinajstić information content (AvgIpc) is 2.82. The van der Waals surface area contributed by atoms with Crippen LogP contribution in [-0.2, 0) is 4.79 Å². The minimum absolute atomic E-state index is 0.00440. The first-order chi connectivity index (χ1) is 10.3. The van der Waals surface area contributed by atoms with Crippen molar-refractivity contribution in [3.8, 4) is 11.5 Å². The van der Waals surface area contributed by atoms with E-state index in [4.69, 9.17) is 21.1 Å². The van der Waals surface area contributed by atoms with Gasteiger partial charge in [0.2, 0.25) is 5.91 Å². The predicted molar refractivity (Wildman–Crippen MR) is 81.1 cm³/mol. The lowest BCUT2D eigenvalue weighted by atomic mass is 10.1. The van der Waals surface area contributed by atoms with Gasteiger partial charge in [-0.2, -0.15) is 0 Å². The molecule has 3 rings (SSSR count). The molecule has 0 aliphatic carbocycles. The number of carbonyl (C=O) groups excluding carboxylic acids is 1. The molecule has 114 valence electrons. The van der Waals surface area contributed by atoms with Gasteiger partial charge < -0.3 is 14.4 Å². The maximum absolute atomic E-state index is 12.5. The van der Waals surface area contributed by atoms with Crippen LogP contribution in [0.5, 0.6) is 11.5 Å². The Labute approximate surface area is 130 Å². The molecule has 0 spiro atoms. The maximum Gasteiger partial charge on any atom is 0.245 e. The van der Waals surface area contributed by atoms with E-state index in [0.717, 1.165) is 37.2 Å². The zero-order valence-electron chi connectivity index (χ0n) is 12.0. The van der Waals surface area contributed by atoms with Crippen LogP contribution in [0.1, 0.15) is 36.6 Å². The Morgan fingerprint density at radius 1 is 1.05 bits per heavy atom. The Kier molecular flexibility index (Phi) is 4.54. The lowest BCUT2D eigenvalue weighted by Crippen LogP contribution is -2.34. The summed E-state index contributed by atoms with van der Waals surface area (Å²) in [5.41, 5.74) is 0.773. The maximum atomic E-state index is 12.5. The molecular formula is C16H20ClNO3. The second kappa shape index (κ2) is 6.56. The summed E-state index contributed by atoms with van der Waals surface area (Å²) in [6, 6.07) is 5.50. The van der Waals surface area contributed by atoms with Crippen LogP contribution in [-0.4, -0.2) is 37.1 Å². The molecule has 0 saturated carbocycles. The summed E-state index contributed by atoms with van der Waals surface area (Å²) in [5.74, 6) is 1.39. The number of alkyl halides is 1. The molecule has 1 aromatic rings. The molecule has 5 heteroatoms. The van der Waals surface area contributed by atoms with Gasteiger partial charge in [-0.25, -0.2) is 0 Å². The van der Waals surface area contributed by atoms with E-state index in [1.165, 1.54) is 12.8 Å². The van der Waals surface area contributed by atoms with Crippen LogP contribution in [0.3, 0.4) is 0 Å². The van der Waals surface area contributed by atoms with Gasteiger partial charge in [0, 0.05) is 13.1 Å². The predicted octanol–water partition coefficient (Wildman–Crippen LogP) is 3.14. The molecule has 1 amide bonds. The summed E-state index contributed by atoms with van der Waals surface area (Å²) in [6.45, 7) is 2.71. The van der Waals surface area contributed by atoms with Crippen LogP contribution < -0.4 is 9.47 Å². The number of hydrogen-bond acceptors (Lipinski definition) is 3. The summed E-state index contributed by atoms with van der Waals surface area (Å²) < 4.78 is 11.0. The Hall–Kier alpha value is -1.42. The van der Waals surface area contributed by atoms with Gasteiger partial charge in [-0.05, 0) is 30.5 Å². The third-order valence-corrected chi connectivity index (χ3v) is 4.43. The Bertz CT molecular complexity index is 512. The highest BCUT2D eigenvalue weighted by molar-refractivity contribution is 6.30. The van der Waals surface area contributed by atoms with Crippen LogP contribution in [0, 0.1) is 0 Å². The second-order valence-corrected chi connectivity index (χ2v) is 5.94. The van der Waals surface area contributed by atoms with Gasteiger partial charge in [-0.15, -0.1) is 11.6 Å². The van der Waals surface area contributed by atoms with E-state index in [2.05, 4.69) is 0 Å². The SMILES string of the molecule is O=C(C(Cl)c1ccc2c(c1)OCCO2)N1CCCCCC1. The second-order valence-electron chi connectivity index (χ2n) is 5.51. The third-order valence-electron chi connectivity index (χ3n) is 3.99. The zero-order valence-corrected chi connectivity index (χ0v) is 12.8. The number of nitrogens with zero attached hydrogens (tertiary/aromatic N) is 1. The van der Waals surface area contributed by atoms with Crippen molar-refractivity contribution in [3.05, 3.63) is 23.8 Å². The lowest BCUT2D eigenvalue weighted by molar-refractivity contribution is -0.130. The van der Waals surface area contributed by atoms with E-state index in [9.17, 15) is 4.79 Å². The van der Waals surface area contributed by atoms with Crippen molar-refractivity contribution in [3.63, 3.8) is 0 Å². The van der Waals surface area contributed by atoms with Crippen LogP contribution in [0.25, 0.3) is 0 Å². The molecule has 4 nitrogen and oxygen atoms in total. The van der Waals surface area contributed by atoms with Crippen molar-refractivity contribution in [1.29, 1.82) is 0 Å². The van der Waals surface area contributed by atoms with E-state index in [1.807, 2.05) is 23.1 Å². The van der Waals surface area contributed by atoms with E-state index in [0.29, 0.717) is 19.0 Å². The van der Waals surface area contributed by atoms with Gasteiger partial charge in [-0.1, -0.05) is 18.9 Å². The third kappa shape index (κ3) is 3.26. The molecule has 2 aliphatic heterocycles. The van der Waals surface area contributed by atoms with E-state index >= 15 is 0 Å². The monoisotopic (exact) mass is 309 g/mol. The van der Waals surface area contributed by atoms with Crippen molar-refractivity contribution in [2.75, 3.05) is 26.3 Å². The van der Waals surface area contributed by atoms with Crippen LogP contribution in [0.2, 0.25) is 0 Å². The topological polar surface area (TPSA) is 38.8 Å². The molecule has 21 heavy (non-hydrogen) atoms. The molecular weight excluding hydrogens is 290 g/mol. The van der Waals surface area contributed by atoms with Gasteiger partial charge in [-0.3, -0.25) is 4.79 Å². The molecule has 0 radical (unpaired) electrons. The molecule has 1 fully saturated rings. The largest absolute Gasteiger partial charge is 0.486 e. The van der Waals surface area contributed by atoms with Crippen molar-refractivity contribution in [2.24, 2.45) is 0 Å². The number of halogens is 1. The number of fused-ring (bicyclic) bond motifs is 1. The molecule has 0 bridgehead atoms. The first-order valence-electron chi connectivity index (χ1n) is 7.58. The Morgan fingerprint density at radius 2 is 1.71 bits per heavy atom. The molecule has 2 aliphatic rings. The normalized spacial score (nSPS) is 19.8. The van der Waals surface area contributed by atoms with Crippen molar-refractivity contribution in [1.82, 2.24) is 4.90 Å². The fourth-order valence-electron chi connectivity index (χ4n) is 2.81. The summed E-state index contributed by atoms with van der Waals surface area (Å²) in [6.07, 6.45) is 4.52. The van der Waals surface area contributed by atoms with Gasteiger partial charge >= 0.3 is 0 Å². The smallest absolute Gasteiger partial charge is 0.245 e. The van der Waals surface area contributed by atoms with Crippen LogP contribution in [0.15, 0.2) is 18.2 Å². The van der Waals surface area contributed by atoms with Crippen molar-refractivity contribution < 1.29 is 14.3 Å². The minimum atomic E-state index is -0.654. The van der Waals surface area contributed by atoms with Gasteiger partial charge in [0.05, 0.1) is 0 Å². The number of hydrogen-bond donors (Lipinski definition) is 0. The van der Waals surface area contributed by atoms with E-state index in [1.54, 1.807) is 0 Å². The number of amides is 1. The molecule has 2 heterocycles. The number of likely N-dealkylation sites (tertiary alicyclic amines) is 1. The van der Waals surface area contributed by atoms with Crippen LogP contribution >= 0.6 is 11.6 Å². The van der Waals surface area contributed by atoms with Crippen molar-refractivity contribution in [2.45, 2.75) is 31.1 Å². The quantitative estimate of drug-likeness (QED) is 0.788. The average molecular weight is 310 g/mol. The number of ether oxygens (including phenoxy) is 2. The Morgan fingerprint density at radius 3 is 2.43 bits per heavy atom. The highest BCUT2D eigenvalue weighted by Crippen LogP contribution is 2.35.